The lowest BCUT2D eigenvalue weighted by Gasteiger charge is -2.39. The van der Waals surface area contributed by atoms with Crippen molar-refractivity contribution in [3.05, 3.63) is 88.2 Å². The Morgan fingerprint density at radius 2 is 1.69 bits per heavy atom. The molecule has 0 saturated carbocycles. The molecule has 3 aromatic carbocycles. The van der Waals surface area contributed by atoms with E-state index in [2.05, 4.69) is 4.90 Å². The summed E-state index contributed by atoms with van der Waals surface area (Å²) in [6.45, 7) is 1.57. The molecular weight excluding hydrogens is 489 g/mol. The maximum atomic E-state index is 13.8. The highest BCUT2D eigenvalue weighted by atomic mass is 32.2. The molecule has 3 aromatic rings. The maximum Gasteiger partial charge on any atom is 0.273 e. The third kappa shape index (κ3) is 4.71. The monoisotopic (exact) mass is 513 g/mol. The van der Waals surface area contributed by atoms with Crippen molar-refractivity contribution in [1.82, 2.24) is 4.90 Å². The van der Waals surface area contributed by atoms with Gasteiger partial charge in [0.2, 0.25) is 6.79 Å². The summed E-state index contributed by atoms with van der Waals surface area (Å²) in [4.78, 5) is 13.1. The molecule has 0 unspecified atom stereocenters. The summed E-state index contributed by atoms with van der Waals surface area (Å²) in [6.07, 6.45) is 1.02. The first-order valence-corrected chi connectivity index (χ1v) is 12.9. The Bertz CT molecular complexity index is 1370. The van der Waals surface area contributed by atoms with Crippen LogP contribution in [0.25, 0.3) is 0 Å². The van der Waals surface area contributed by atoms with Gasteiger partial charge in [-0.15, -0.1) is 0 Å². The topological polar surface area (TPSA) is 102 Å². The van der Waals surface area contributed by atoms with Gasteiger partial charge in [0.15, 0.2) is 11.5 Å². The molecule has 2 aliphatic rings. The zero-order valence-corrected chi connectivity index (χ0v) is 20.1. The molecule has 2 heterocycles. The number of para-hydroxylation sites is 1. The van der Waals surface area contributed by atoms with Crippen LogP contribution in [-0.2, 0) is 16.6 Å². The van der Waals surface area contributed by atoms with Gasteiger partial charge >= 0.3 is 0 Å². The van der Waals surface area contributed by atoms with Crippen LogP contribution in [0.4, 0.5) is 15.8 Å². The minimum Gasteiger partial charge on any atom is -0.454 e. The summed E-state index contributed by atoms with van der Waals surface area (Å²) in [5.74, 6) is 0.477. The van der Waals surface area contributed by atoms with Crippen molar-refractivity contribution >= 4 is 21.4 Å². The van der Waals surface area contributed by atoms with Crippen LogP contribution in [-0.4, -0.2) is 44.2 Å². The summed E-state index contributed by atoms with van der Waals surface area (Å²) in [6, 6.07) is 16.0. The predicted octanol–water partition coefficient (Wildman–Crippen LogP) is 4.32. The fraction of sp³-hybridized carbons (Fsp3) is 0.280. The second-order valence-electron chi connectivity index (χ2n) is 8.69. The number of fused-ring (bicyclic) bond motifs is 1. The molecule has 0 aliphatic carbocycles. The van der Waals surface area contributed by atoms with Gasteiger partial charge in [-0.2, -0.15) is 0 Å². The summed E-state index contributed by atoms with van der Waals surface area (Å²) in [5.41, 5.74) is 1.12. The van der Waals surface area contributed by atoms with Crippen molar-refractivity contribution in [3.8, 4) is 11.5 Å². The van der Waals surface area contributed by atoms with Crippen molar-refractivity contribution in [2.24, 2.45) is 0 Å². The summed E-state index contributed by atoms with van der Waals surface area (Å²) in [5, 5.41) is 11.4. The van der Waals surface area contributed by atoms with E-state index in [0.29, 0.717) is 55.2 Å². The number of anilines is 1. The third-order valence-corrected chi connectivity index (χ3v) is 8.35. The highest BCUT2D eigenvalue weighted by molar-refractivity contribution is 7.92. The van der Waals surface area contributed by atoms with E-state index in [1.807, 2.05) is 0 Å². The third-order valence-electron chi connectivity index (χ3n) is 6.45. The normalized spacial score (nSPS) is 16.1. The zero-order valence-electron chi connectivity index (χ0n) is 19.2. The van der Waals surface area contributed by atoms with E-state index in [4.69, 9.17) is 9.47 Å². The molecule has 5 rings (SSSR count). The average molecular weight is 514 g/mol. The minimum absolute atomic E-state index is 0.0103. The molecule has 188 valence electrons. The quantitative estimate of drug-likeness (QED) is 0.342. The van der Waals surface area contributed by atoms with Gasteiger partial charge in [-0.25, -0.2) is 12.8 Å². The Kier molecular flexibility index (Phi) is 6.50. The van der Waals surface area contributed by atoms with Crippen LogP contribution >= 0.6 is 0 Å². The van der Waals surface area contributed by atoms with Crippen LogP contribution in [0.2, 0.25) is 0 Å². The summed E-state index contributed by atoms with van der Waals surface area (Å²) in [7, 11) is -4.02. The number of hydrogen-bond acceptors (Lipinski definition) is 7. The number of nitro benzene ring substituents is 1. The lowest BCUT2D eigenvalue weighted by molar-refractivity contribution is -0.385. The standard InChI is InChI=1S/C25H24FN3O6S/c26-19-5-8-22(9-6-19)36(32,33)28(21-7-10-24-25(15-21)35-17-34-24)20-11-13-27(14-12-20)16-18-3-1-2-4-23(18)29(30)31/h1-10,15,20H,11-14,16-17H2. The van der Waals surface area contributed by atoms with Crippen molar-refractivity contribution in [2.75, 3.05) is 24.2 Å². The molecule has 0 bridgehead atoms. The number of sulfonamides is 1. The van der Waals surface area contributed by atoms with Crippen molar-refractivity contribution in [1.29, 1.82) is 0 Å². The molecule has 0 amide bonds. The lowest BCUT2D eigenvalue weighted by Crippen LogP contribution is -2.47. The van der Waals surface area contributed by atoms with Crippen molar-refractivity contribution in [2.45, 2.75) is 30.3 Å². The van der Waals surface area contributed by atoms with Crippen molar-refractivity contribution in [3.63, 3.8) is 0 Å². The highest BCUT2D eigenvalue weighted by Gasteiger charge is 2.35. The number of piperidine rings is 1. The Morgan fingerprint density at radius 3 is 2.42 bits per heavy atom. The van der Waals surface area contributed by atoms with E-state index >= 15 is 0 Å². The van der Waals surface area contributed by atoms with Crippen molar-refractivity contribution < 1.29 is 27.2 Å². The molecule has 36 heavy (non-hydrogen) atoms. The fourth-order valence-corrected chi connectivity index (χ4v) is 6.37. The van der Waals surface area contributed by atoms with Gasteiger partial charge in [0.25, 0.3) is 15.7 Å². The number of likely N-dealkylation sites (tertiary alicyclic amines) is 1. The van der Waals surface area contributed by atoms with Crippen LogP contribution in [0.5, 0.6) is 11.5 Å². The smallest absolute Gasteiger partial charge is 0.273 e. The molecular formula is C25H24FN3O6S. The molecule has 9 nitrogen and oxygen atoms in total. The number of benzene rings is 3. The van der Waals surface area contributed by atoms with Crippen LogP contribution in [0.3, 0.4) is 0 Å². The second kappa shape index (κ2) is 9.75. The first-order valence-electron chi connectivity index (χ1n) is 11.5. The lowest BCUT2D eigenvalue weighted by atomic mass is 10.0. The van der Waals surface area contributed by atoms with Gasteiger partial charge in [0, 0.05) is 43.4 Å². The van der Waals surface area contributed by atoms with E-state index in [-0.39, 0.29) is 23.4 Å². The molecule has 0 radical (unpaired) electrons. The molecule has 1 fully saturated rings. The van der Waals surface area contributed by atoms with Crippen LogP contribution in [0.15, 0.2) is 71.6 Å². The molecule has 2 aliphatic heterocycles. The molecule has 0 spiro atoms. The van der Waals surface area contributed by atoms with E-state index in [1.165, 1.54) is 22.5 Å². The molecule has 11 heteroatoms. The summed E-state index contributed by atoms with van der Waals surface area (Å²) >= 11 is 0. The van der Waals surface area contributed by atoms with E-state index in [1.54, 1.807) is 36.4 Å². The largest absolute Gasteiger partial charge is 0.454 e. The van der Waals surface area contributed by atoms with Gasteiger partial charge in [-0.3, -0.25) is 19.3 Å². The first-order chi connectivity index (χ1) is 17.3. The van der Waals surface area contributed by atoms with Gasteiger partial charge in [-0.1, -0.05) is 18.2 Å². The highest BCUT2D eigenvalue weighted by Crippen LogP contribution is 2.39. The average Bonchev–Trinajstić information content (AvgIpc) is 3.34. The number of hydrogen-bond donors (Lipinski definition) is 0. The van der Waals surface area contributed by atoms with Gasteiger partial charge in [-0.05, 0) is 49.2 Å². The minimum atomic E-state index is -4.02. The van der Waals surface area contributed by atoms with Crippen LogP contribution in [0, 0.1) is 15.9 Å². The fourth-order valence-electron chi connectivity index (χ4n) is 4.66. The number of nitrogens with zero attached hydrogens (tertiary/aromatic N) is 3. The molecule has 0 N–H and O–H groups in total. The van der Waals surface area contributed by atoms with Gasteiger partial charge in [0.05, 0.1) is 15.5 Å². The Balaban J connectivity index is 1.41. The SMILES string of the molecule is O=[N+]([O-])c1ccccc1CN1CCC(N(c2ccc3c(c2)OCO3)S(=O)(=O)c2ccc(F)cc2)CC1. The van der Waals surface area contributed by atoms with Gasteiger partial charge < -0.3 is 9.47 Å². The van der Waals surface area contributed by atoms with E-state index in [9.17, 15) is 22.9 Å². The van der Waals surface area contributed by atoms with E-state index in [0.717, 1.165) is 12.1 Å². The molecule has 1 saturated heterocycles. The summed E-state index contributed by atoms with van der Waals surface area (Å²) < 4.78 is 53.3. The Hall–Kier alpha value is -3.70. The van der Waals surface area contributed by atoms with Crippen LogP contribution < -0.4 is 13.8 Å². The van der Waals surface area contributed by atoms with Gasteiger partial charge in [0.1, 0.15) is 5.82 Å². The second-order valence-corrected chi connectivity index (χ2v) is 10.5. The zero-order chi connectivity index (χ0) is 25.3. The van der Waals surface area contributed by atoms with E-state index < -0.39 is 20.8 Å². The van der Waals surface area contributed by atoms with Crippen LogP contribution in [0.1, 0.15) is 18.4 Å². The predicted molar refractivity (Wildman–Crippen MR) is 130 cm³/mol. The Labute approximate surface area is 207 Å². The number of rotatable bonds is 7. The number of nitro groups is 1. The maximum absolute atomic E-state index is 13.8. The molecule has 0 atom stereocenters. The first kappa shape index (κ1) is 24.0. The number of ether oxygens (including phenoxy) is 2. The number of halogens is 1. The molecule has 0 aromatic heterocycles. The Morgan fingerprint density at radius 1 is 1.00 bits per heavy atom.